The number of allylic oxidation sites excluding steroid dienone is 4. The summed E-state index contributed by atoms with van der Waals surface area (Å²) in [5, 5.41) is 1.41. The third-order valence-electron chi connectivity index (χ3n) is 3.87. The molecule has 3 aromatic rings. The third-order valence-corrected chi connectivity index (χ3v) is 5.58. The van der Waals surface area contributed by atoms with Gasteiger partial charge in [-0.3, -0.25) is 6.08 Å². The molecule has 0 saturated carbocycles. The Morgan fingerprint density at radius 3 is 2.52 bits per heavy atom. The summed E-state index contributed by atoms with van der Waals surface area (Å²) in [5.74, 6) is 0. The molecule has 1 aromatic heterocycles. The normalized spacial score (nSPS) is 12.2. The Morgan fingerprint density at radius 1 is 1.04 bits per heavy atom. The minimum atomic E-state index is 0. The molecule has 1 heterocycles. The van der Waals surface area contributed by atoms with Gasteiger partial charge < -0.3 is 24.8 Å². The van der Waals surface area contributed by atoms with Crippen LogP contribution < -0.4 is 24.8 Å². The van der Waals surface area contributed by atoms with Gasteiger partial charge in [0.15, 0.2) is 0 Å². The molecule has 0 radical (unpaired) electrons. The van der Waals surface area contributed by atoms with Gasteiger partial charge in [0.2, 0.25) is 0 Å². The van der Waals surface area contributed by atoms with Gasteiger partial charge in [-0.15, -0.1) is 28.9 Å². The third kappa shape index (κ3) is 4.76. The largest absolute Gasteiger partial charge is 4.00 e. The molecule has 0 saturated heterocycles. The van der Waals surface area contributed by atoms with Gasteiger partial charge >= 0.3 is 26.2 Å². The zero-order valence-electron chi connectivity index (χ0n) is 13.2. The molecule has 0 amide bonds. The van der Waals surface area contributed by atoms with Crippen LogP contribution in [0.1, 0.15) is 17.5 Å². The molecule has 25 heavy (non-hydrogen) atoms. The summed E-state index contributed by atoms with van der Waals surface area (Å²) in [6, 6.07) is 16.4. The zero-order chi connectivity index (χ0) is 14.9. The van der Waals surface area contributed by atoms with Gasteiger partial charge in [-0.25, -0.2) is 12.2 Å². The van der Waals surface area contributed by atoms with E-state index in [0.29, 0.717) is 0 Å². The van der Waals surface area contributed by atoms with Gasteiger partial charge in [-0.05, 0) is 28.3 Å². The smallest absolute Gasteiger partial charge is 1.00 e. The van der Waals surface area contributed by atoms with Crippen molar-refractivity contribution in [3.8, 4) is 10.4 Å². The monoisotopic (exact) mass is 524 g/mol. The fourth-order valence-electron chi connectivity index (χ4n) is 2.87. The Kier molecular flexibility index (Phi) is 9.36. The summed E-state index contributed by atoms with van der Waals surface area (Å²) in [6.07, 6.45) is 11.0. The van der Waals surface area contributed by atoms with E-state index in [0.717, 1.165) is 17.3 Å². The molecule has 2 aliphatic carbocycles. The van der Waals surface area contributed by atoms with Crippen LogP contribution in [0.25, 0.3) is 20.5 Å². The summed E-state index contributed by atoms with van der Waals surface area (Å²) in [7, 11) is 0. The predicted molar refractivity (Wildman–Crippen MR) is 98.2 cm³/mol. The molecule has 0 bridgehead atoms. The van der Waals surface area contributed by atoms with Gasteiger partial charge in [0.05, 0.1) is 0 Å². The standard InChI is InChI=1S/C15H8BrS.C5H5.2ClH.Zr/c16-10-5-6-11-9(7-10)8-13-12-3-1-2-4-14(12)17-15(11)13;1-2-4-5-3-1;;;/h1-6H,8H2;1-3H,4H2;2*1H;/q2*-1;;;+4/p-2. The molecule has 0 aliphatic heterocycles. The van der Waals surface area contributed by atoms with Crippen molar-refractivity contribution < 1.29 is 51.0 Å². The first kappa shape index (κ1) is 22.9. The molecule has 5 rings (SSSR count). The van der Waals surface area contributed by atoms with E-state index in [1.54, 1.807) is 0 Å². The Morgan fingerprint density at radius 2 is 1.84 bits per heavy atom. The van der Waals surface area contributed by atoms with Crippen LogP contribution in [0, 0.1) is 12.1 Å². The predicted octanol–water partition coefficient (Wildman–Crippen LogP) is 0.346. The van der Waals surface area contributed by atoms with Gasteiger partial charge in [-0.1, -0.05) is 38.6 Å². The van der Waals surface area contributed by atoms with Crippen molar-refractivity contribution in [2.24, 2.45) is 0 Å². The van der Waals surface area contributed by atoms with Crippen LogP contribution in [0.2, 0.25) is 0 Å². The summed E-state index contributed by atoms with van der Waals surface area (Å²) in [5.41, 5.74) is 4.17. The van der Waals surface area contributed by atoms with E-state index in [-0.39, 0.29) is 51.0 Å². The number of benzene rings is 2. The second-order valence-corrected chi connectivity index (χ2v) is 7.19. The molecule has 0 fully saturated rings. The maximum Gasteiger partial charge on any atom is 4.00 e. The van der Waals surface area contributed by atoms with Crippen molar-refractivity contribution in [3.05, 3.63) is 82.4 Å². The number of rotatable bonds is 0. The van der Waals surface area contributed by atoms with Crippen molar-refractivity contribution in [1.29, 1.82) is 0 Å². The van der Waals surface area contributed by atoms with E-state index in [9.17, 15) is 0 Å². The summed E-state index contributed by atoms with van der Waals surface area (Å²) < 4.78 is 2.45. The molecule has 2 aliphatic rings. The van der Waals surface area contributed by atoms with Crippen molar-refractivity contribution in [2.75, 3.05) is 0 Å². The average Bonchev–Trinajstić information content (AvgIpc) is 3.24. The molecule has 0 unspecified atom stereocenters. The van der Waals surface area contributed by atoms with Crippen LogP contribution in [0.4, 0.5) is 0 Å². The van der Waals surface area contributed by atoms with Crippen LogP contribution in [0.15, 0.2) is 59.1 Å². The molecule has 5 heteroatoms. The summed E-state index contributed by atoms with van der Waals surface area (Å²) >= 11 is 5.40. The van der Waals surface area contributed by atoms with Crippen molar-refractivity contribution in [1.82, 2.24) is 0 Å². The minimum Gasteiger partial charge on any atom is -1.00 e. The Hall–Kier alpha value is -0.177. The summed E-state index contributed by atoms with van der Waals surface area (Å²) in [6.45, 7) is 0. The average molecular weight is 527 g/mol. The number of hydrogen-bond acceptors (Lipinski definition) is 1. The zero-order valence-corrected chi connectivity index (χ0v) is 19.5. The van der Waals surface area contributed by atoms with E-state index >= 15 is 0 Å². The van der Waals surface area contributed by atoms with Crippen molar-refractivity contribution in [3.63, 3.8) is 0 Å². The molecule has 0 atom stereocenters. The molecule has 0 nitrogen and oxygen atoms in total. The molecular weight excluding hydrogens is 514 g/mol. The number of fused-ring (bicyclic) bond motifs is 5. The van der Waals surface area contributed by atoms with Gasteiger partial charge in [-0.2, -0.15) is 24.3 Å². The minimum absolute atomic E-state index is 0. The second kappa shape index (κ2) is 10.2. The fourth-order valence-corrected chi connectivity index (χ4v) is 4.52. The van der Waals surface area contributed by atoms with Gasteiger partial charge in [0.1, 0.15) is 0 Å². The van der Waals surface area contributed by atoms with Crippen molar-refractivity contribution in [2.45, 2.75) is 12.8 Å². The van der Waals surface area contributed by atoms with Gasteiger partial charge in [0.25, 0.3) is 0 Å². The second-order valence-electron chi connectivity index (χ2n) is 5.28. The first-order valence-electron chi connectivity index (χ1n) is 7.26. The van der Waals surface area contributed by atoms with Crippen LogP contribution in [-0.2, 0) is 32.6 Å². The van der Waals surface area contributed by atoms with E-state index in [4.69, 9.17) is 0 Å². The number of thiophene rings is 1. The first-order valence-corrected chi connectivity index (χ1v) is 8.87. The number of hydrogen-bond donors (Lipinski definition) is 0. The summed E-state index contributed by atoms with van der Waals surface area (Å²) in [4.78, 5) is 1.44. The van der Waals surface area contributed by atoms with Crippen LogP contribution in [0.5, 0.6) is 0 Å². The molecular formula is C20H13BrCl2SZr. The van der Waals surface area contributed by atoms with Crippen LogP contribution >= 0.6 is 27.3 Å². The first-order chi connectivity index (χ1) is 10.8. The molecule has 0 N–H and O–H groups in total. The Balaban J connectivity index is 0.000000344. The SMILES string of the molecule is Brc1[c-]c2c(cc1)-c1sc3ccccc3c1C2.[C-]1=CC=CC1.[Cl-].[Cl-].[Zr+4]. The van der Waals surface area contributed by atoms with E-state index in [1.165, 1.54) is 31.7 Å². The van der Waals surface area contributed by atoms with E-state index < -0.39 is 0 Å². The van der Waals surface area contributed by atoms with E-state index in [2.05, 4.69) is 70.5 Å². The van der Waals surface area contributed by atoms with Crippen LogP contribution in [0.3, 0.4) is 0 Å². The Labute approximate surface area is 192 Å². The molecule has 124 valence electrons. The van der Waals surface area contributed by atoms with Crippen LogP contribution in [-0.4, -0.2) is 0 Å². The molecule has 0 spiro atoms. The fraction of sp³-hybridized carbons (Fsp3) is 0.100. The van der Waals surface area contributed by atoms with Gasteiger partial charge in [0, 0.05) is 4.70 Å². The molecule has 2 aromatic carbocycles. The Bertz CT molecular complexity index is 905. The maximum atomic E-state index is 3.50. The van der Waals surface area contributed by atoms with E-state index in [1.807, 2.05) is 23.5 Å². The maximum absolute atomic E-state index is 3.50. The van der Waals surface area contributed by atoms with Crippen molar-refractivity contribution >= 4 is 37.4 Å². The topological polar surface area (TPSA) is 0 Å². The number of halogens is 3. The quantitative estimate of drug-likeness (QED) is 0.290.